The molecule has 0 aliphatic heterocycles. The van der Waals surface area contributed by atoms with Gasteiger partial charge < -0.3 is 5.11 Å². The normalized spacial score (nSPS) is 10.0. The van der Waals surface area contributed by atoms with Crippen LogP contribution >= 0.6 is 12.4 Å². The zero-order valence-electron chi connectivity index (χ0n) is 8.71. The highest BCUT2D eigenvalue weighted by molar-refractivity contribution is 5.85. The minimum atomic E-state index is 0. The maximum Gasteiger partial charge on any atom is 0.115 e. The van der Waals surface area contributed by atoms with Gasteiger partial charge >= 0.3 is 0 Å². The maximum absolute atomic E-state index is 9.12. The molecule has 0 aromatic heterocycles. The SMILES string of the molecule is Cl.Oc1ccc(/C=C/c2ccccc2)cc1. The van der Waals surface area contributed by atoms with Crippen molar-refractivity contribution in [1.82, 2.24) is 0 Å². The lowest BCUT2D eigenvalue weighted by Gasteiger charge is -1.94. The molecule has 82 valence electrons. The second kappa shape index (κ2) is 5.99. The lowest BCUT2D eigenvalue weighted by Crippen LogP contribution is -1.71. The van der Waals surface area contributed by atoms with E-state index in [-0.39, 0.29) is 12.4 Å². The zero-order chi connectivity index (χ0) is 10.5. The van der Waals surface area contributed by atoms with E-state index in [2.05, 4.69) is 12.1 Å². The molecule has 0 amide bonds. The van der Waals surface area contributed by atoms with Crippen LogP contribution < -0.4 is 0 Å². The molecule has 16 heavy (non-hydrogen) atoms. The summed E-state index contributed by atoms with van der Waals surface area (Å²) in [6.07, 6.45) is 4.07. The number of phenolic OH excluding ortho intramolecular Hbond substituents is 1. The van der Waals surface area contributed by atoms with Crippen molar-refractivity contribution < 1.29 is 5.11 Å². The summed E-state index contributed by atoms with van der Waals surface area (Å²) in [5.74, 6) is 0.298. The van der Waals surface area contributed by atoms with Crippen molar-refractivity contribution >= 4 is 24.6 Å². The van der Waals surface area contributed by atoms with Crippen LogP contribution in [-0.4, -0.2) is 5.11 Å². The number of hydrogen-bond donors (Lipinski definition) is 1. The molecule has 2 rings (SSSR count). The molecular formula is C14H13ClO. The van der Waals surface area contributed by atoms with Gasteiger partial charge in [-0.05, 0) is 23.3 Å². The average molecular weight is 233 g/mol. The Balaban J connectivity index is 0.00000128. The minimum absolute atomic E-state index is 0. The monoisotopic (exact) mass is 232 g/mol. The first-order valence-electron chi connectivity index (χ1n) is 4.87. The van der Waals surface area contributed by atoms with E-state index in [1.165, 1.54) is 5.56 Å². The molecule has 0 atom stereocenters. The Kier molecular flexibility index (Phi) is 4.62. The summed E-state index contributed by atoms with van der Waals surface area (Å²) in [6, 6.07) is 17.3. The Morgan fingerprint density at radius 1 is 0.688 bits per heavy atom. The Labute approximate surface area is 101 Å². The first-order valence-corrected chi connectivity index (χ1v) is 4.87. The van der Waals surface area contributed by atoms with Crippen molar-refractivity contribution in [1.29, 1.82) is 0 Å². The van der Waals surface area contributed by atoms with Crippen molar-refractivity contribution in [3.63, 3.8) is 0 Å². The smallest absolute Gasteiger partial charge is 0.115 e. The molecule has 2 heteroatoms. The highest BCUT2D eigenvalue weighted by Crippen LogP contribution is 2.12. The van der Waals surface area contributed by atoms with Crippen LogP contribution in [0.2, 0.25) is 0 Å². The summed E-state index contributed by atoms with van der Waals surface area (Å²) in [5.41, 5.74) is 2.25. The summed E-state index contributed by atoms with van der Waals surface area (Å²) < 4.78 is 0. The number of rotatable bonds is 2. The first kappa shape index (κ1) is 12.3. The van der Waals surface area contributed by atoms with Crippen LogP contribution in [0, 0.1) is 0 Å². The third kappa shape index (κ3) is 3.44. The standard InChI is InChI=1S/C14H12O.ClH/c15-14-10-8-13(9-11-14)7-6-12-4-2-1-3-5-12;/h1-11,15H;1H/b7-6+;. The number of benzene rings is 2. The Morgan fingerprint density at radius 3 is 1.75 bits per heavy atom. The Hall–Kier alpha value is -1.73. The van der Waals surface area contributed by atoms with Crippen LogP contribution in [0.25, 0.3) is 12.2 Å². The van der Waals surface area contributed by atoms with Gasteiger partial charge in [0.05, 0.1) is 0 Å². The van der Waals surface area contributed by atoms with Crippen molar-refractivity contribution in [3.8, 4) is 5.75 Å². The fourth-order valence-corrected chi connectivity index (χ4v) is 1.34. The Bertz CT molecular complexity index is 446. The topological polar surface area (TPSA) is 20.2 Å². The van der Waals surface area contributed by atoms with Crippen LogP contribution in [0.4, 0.5) is 0 Å². The van der Waals surface area contributed by atoms with Gasteiger partial charge in [0.2, 0.25) is 0 Å². The molecule has 1 N–H and O–H groups in total. The second-order valence-electron chi connectivity index (χ2n) is 3.34. The predicted molar refractivity (Wildman–Crippen MR) is 70.7 cm³/mol. The van der Waals surface area contributed by atoms with Crippen molar-refractivity contribution in [2.24, 2.45) is 0 Å². The van der Waals surface area contributed by atoms with Crippen LogP contribution in [0.15, 0.2) is 54.6 Å². The summed E-state index contributed by atoms with van der Waals surface area (Å²) in [7, 11) is 0. The third-order valence-electron chi connectivity index (χ3n) is 2.16. The predicted octanol–water partition coefficient (Wildman–Crippen LogP) is 3.98. The van der Waals surface area contributed by atoms with Gasteiger partial charge in [0.25, 0.3) is 0 Å². The molecule has 0 aliphatic carbocycles. The van der Waals surface area contributed by atoms with Gasteiger partial charge in [-0.2, -0.15) is 0 Å². The molecule has 2 aromatic rings. The molecule has 0 heterocycles. The maximum atomic E-state index is 9.12. The van der Waals surface area contributed by atoms with E-state index < -0.39 is 0 Å². The minimum Gasteiger partial charge on any atom is -0.508 e. The molecule has 2 aromatic carbocycles. The van der Waals surface area contributed by atoms with Crippen LogP contribution in [0.5, 0.6) is 5.75 Å². The number of halogens is 1. The van der Waals surface area contributed by atoms with E-state index in [9.17, 15) is 0 Å². The largest absolute Gasteiger partial charge is 0.508 e. The fourth-order valence-electron chi connectivity index (χ4n) is 1.34. The van der Waals surface area contributed by atoms with E-state index in [1.54, 1.807) is 12.1 Å². The zero-order valence-corrected chi connectivity index (χ0v) is 9.52. The van der Waals surface area contributed by atoms with Crippen molar-refractivity contribution in [2.45, 2.75) is 0 Å². The van der Waals surface area contributed by atoms with Gasteiger partial charge in [0.15, 0.2) is 0 Å². The molecule has 0 radical (unpaired) electrons. The first-order chi connectivity index (χ1) is 7.34. The van der Waals surface area contributed by atoms with Gasteiger partial charge in [0, 0.05) is 0 Å². The summed E-state index contributed by atoms with van der Waals surface area (Å²) in [6.45, 7) is 0. The molecule has 0 spiro atoms. The molecule has 1 nitrogen and oxygen atoms in total. The van der Waals surface area contributed by atoms with Crippen molar-refractivity contribution in [2.75, 3.05) is 0 Å². The van der Waals surface area contributed by atoms with Crippen LogP contribution in [-0.2, 0) is 0 Å². The molecule has 0 aliphatic rings. The van der Waals surface area contributed by atoms with Gasteiger partial charge in [-0.1, -0.05) is 54.6 Å². The fraction of sp³-hybridized carbons (Fsp3) is 0. The highest BCUT2D eigenvalue weighted by Gasteiger charge is 1.88. The summed E-state index contributed by atoms with van der Waals surface area (Å²) >= 11 is 0. The lowest BCUT2D eigenvalue weighted by atomic mass is 10.1. The molecule has 0 saturated heterocycles. The van der Waals surface area contributed by atoms with Crippen LogP contribution in [0.3, 0.4) is 0 Å². The second-order valence-corrected chi connectivity index (χ2v) is 3.34. The lowest BCUT2D eigenvalue weighted by molar-refractivity contribution is 0.475. The molecule has 0 fully saturated rings. The van der Waals surface area contributed by atoms with Gasteiger partial charge in [0.1, 0.15) is 5.75 Å². The van der Waals surface area contributed by atoms with E-state index in [4.69, 9.17) is 5.11 Å². The molecular weight excluding hydrogens is 220 g/mol. The molecule has 0 unspecified atom stereocenters. The average Bonchev–Trinajstić information content (AvgIpc) is 2.30. The number of hydrogen-bond acceptors (Lipinski definition) is 1. The number of phenols is 1. The van der Waals surface area contributed by atoms with Gasteiger partial charge in [-0.3, -0.25) is 0 Å². The third-order valence-corrected chi connectivity index (χ3v) is 2.16. The van der Waals surface area contributed by atoms with E-state index in [0.717, 1.165) is 5.56 Å². The molecule has 0 saturated carbocycles. The summed E-state index contributed by atoms with van der Waals surface area (Å²) in [4.78, 5) is 0. The van der Waals surface area contributed by atoms with E-state index >= 15 is 0 Å². The summed E-state index contributed by atoms with van der Waals surface area (Å²) in [5, 5.41) is 9.12. The van der Waals surface area contributed by atoms with E-state index in [0.29, 0.717) is 5.75 Å². The quantitative estimate of drug-likeness (QED) is 0.777. The number of aromatic hydroxyl groups is 1. The molecule has 0 bridgehead atoms. The van der Waals surface area contributed by atoms with Gasteiger partial charge in [-0.15, -0.1) is 12.4 Å². The van der Waals surface area contributed by atoms with E-state index in [1.807, 2.05) is 42.5 Å². The van der Waals surface area contributed by atoms with Gasteiger partial charge in [-0.25, -0.2) is 0 Å². The highest BCUT2D eigenvalue weighted by atomic mass is 35.5. The van der Waals surface area contributed by atoms with Crippen LogP contribution in [0.1, 0.15) is 11.1 Å². The van der Waals surface area contributed by atoms with Crippen molar-refractivity contribution in [3.05, 3.63) is 65.7 Å². The Morgan fingerprint density at radius 2 is 1.19 bits per heavy atom.